The highest BCUT2D eigenvalue weighted by Gasteiger charge is 2.40. The largest absolute Gasteiger partial charge is 0.408 e. The fraction of sp³-hybridized carbons (Fsp3) is 0.700. The molecule has 0 amide bonds. The summed E-state index contributed by atoms with van der Waals surface area (Å²) in [4.78, 5) is 2.80. The molecule has 1 aromatic carbocycles. The minimum atomic E-state index is -2.01. The summed E-state index contributed by atoms with van der Waals surface area (Å²) in [5, 5.41) is 3.73. The maximum atomic E-state index is 14.5. The van der Waals surface area contributed by atoms with E-state index in [-0.39, 0.29) is 23.6 Å². The second-order valence-corrected chi connectivity index (χ2v) is 13.6. The van der Waals surface area contributed by atoms with Crippen LogP contribution in [0.1, 0.15) is 51.7 Å². The molecule has 0 spiro atoms. The van der Waals surface area contributed by atoms with Gasteiger partial charge in [-0.1, -0.05) is 56.2 Å². The normalized spacial score (nSPS) is 24.9. The van der Waals surface area contributed by atoms with Gasteiger partial charge in [-0.05, 0) is 48.5 Å². The van der Waals surface area contributed by atoms with Crippen molar-refractivity contribution in [3.8, 4) is 0 Å². The highest BCUT2D eigenvalue weighted by Crippen LogP contribution is 2.40. The Morgan fingerprint density at radius 3 is 2.48 bits per heavy atom. The lowest BCUT2D eigenvalue weighted by Gasteiger charge is -2.40. The quantitative estimate of drug-likeness (QED) is 0.235. The van der Waals surface area contributed by atoms with Crippen LogP contribution in [0.4, 0.5) is 4.39 Å². The molecule has 0 N–H and O–H groups in total. The lowest BCUT2D eigenvalue weighted by atomic mass is 9.92. The molecule has 7 heteroatoms. The summed E-state index contributed by atoms with van der Waals surface area (Å²) in [6, 6.07) is 9.75. The predicted octanol–water partition coefficient (Wildman–Crippen LogP) is 6.34. The van der Waals surface area contributed by atoms with Crippen LogP contribution in [-0.4, -0.2) is 33.2 Å². The number of nitrogens with zero attached hydrogens (tertiary/aromatic N) is 3. The van der Waals surface area contributed by atoms with Gasteiger partial charge in [0.2, 0.25) is 0 Å². The fourth-order valence-corrected chi connectivity index (χ4v) is 4.31. The van der Waals surface area contributed by atoms with Gasteiger partial charge in [-0.2, -0.15) is 0 Å². The van der Waals surface area contributed by atoms with Crippen molar-refractivity contribution >= 4 is 8.32 Å². The van der Waals surface area contributed by atoms with Gasteiger partial charge in [0.25, 0.3) is 0 Å². The van der Waals surface area contributed by atoms with Gasteiger partial charge in [-0.25, -0.2) is 4.39 Å². The molecule has 150 valence electrons. The van der Waals surface area contributed by atoms with Crippen LogP contribution in [0.2, 0.25) is 18.1 Å². The summed E-state index contributed by atoms with van der Waals surface area (Å²) in [6.07, 6.45) is -0.341. The Labute approximate surface area is 163 Å². The molecule has 0 aromatic heterocycles. The van der Waals surface area contributed by atoms with Crippen molar-refractivity contribution in [3.05, 3.63) is 46.3 Å². The highest BCUT2D eigenvalue weighted by atomic mass is 28.4. The number of halogens is 1. The van der Waals surface area contributed by atoms with E-state index in [1.807, 2.05) is 30.3 Å². The molecule has 0 bridgehead atoms. The molecule has 1 aliphatic rings. The molecule has 1 aromatic rings. The van der Waals surface area contributed by atoms with Crippen molar-refractivity contribution in [1.82, 2.24) is 0 Å². The highest BCUT2D eigenvalue weighted by molar-refractivity contribution is 6.74. The van der Waals surface area contributed by atoms with Crippen molar-refractivity contribution < 1.29 is 13.6 Å². The van der Waals surface area contributed by atoms with Crippen LogP contribution in [0.25, 0.3) is 10.4 Å². The van der Waals surface area contributed by atoms with Gasteiger partial charge >= 0.3 is 0 Å². The monoisotopic (exact) mass is 393 g/mol. The second kappa shape index (κ2) is 9.19. The summed E-state index contributed by atoms with van der Waals surface area (Å²) in [5.74, 6) is 0. The number of rotatable bonds is 7. The van der Waals surface area contributed by atoms with Crippen LogP contribution in [0.5, 0.6) is 0 Å². The number of benzene rings is 1. The zero-order valence-corrected chi connectivity index (χ0v) is 18.1. The Morgan fingerprint density at radius 1 is 1.26 bits per heavy atom. The topological polar surface area (TPSA) is 67.2 Å². The first-order valence-electron chi connectivity index (χ1n) is 9.66. The second-order valence-electron chi connectivity index (χ2n) is 8.84. The zero-order valence-electron chi connectivity index (χ0n) is 17.1. The van der Waals surface area contributed by atoms with E-state index in [0.29, 0.717) is 19.4 Å². The minimum absolute atomic E-state index is 0.0794. The van der Waals surface area contributed by atoms with E-state index in [9.17, 15) is 4.39 Å². The van der Waals surface area contributed by atoms with E-state index in [4.69, 9.17) is 14.7 Å². The molecule has 1 aliphatic carbocycles. The van der Waals surface area contributed by atoms with E-state index < -0.39 is 20.6 Å². The first kappa shape index (κ1) is 21.9. The zero-order chi connectivity index (χ0) is 20.1. The van der Waals surface area contributed by atoms with E-state index in [2.05, 4.69) is 43.9 Å². The average Bonchev–Trinajstić information content (AvgIpc) is 2.60. The van der Waals surface area contributed by atoms with Crippen molar-refractivity contribution in [2.24, 2.45) is 5.11 Å². The van der Waals surface area contributed by atoms with Crippen LogP contribution >= 0.6 is 0 Å². The smallest absolute Gasteiger partial charge is 0.193 e. The molecule has 0 saturated heterocycles. The molecule has 0 heterocycles. The minimum Gasteiger partial charge on any atom is -0.408 e. The van der Waals surface area contributed by atoms with E-state index in [1.165, 1.54) is 0 Å². The SMILES string of the molecule is CC(C)(C)[Si](C)(C)OC(CO[C@H]1CCC(N=[N+]=[N-])C[C@@H]1F)c1ccccc1. The van der Waals surface area contributed by atoms with Gasteiger partial charge < -0.3 is 9.16 Å². The number of alkyl halides is 1. The number of azide groups is 1. The molecule has 27 heavy (non-hydrogen) atoms. The van der Waals surface area contributed by atoms with Crippen molar-refractivity contribution in [2.45, 2.75) is 82.6 Å². The van der Waals surface area contributed by atoms with Crippen LogP contribution in [0.15, 0.2) is 35.4 Å². The third-order valence-corrected chi connectivity index (χ3v) is 10.3. The Balaban J connectivity index is 2.06. The average molecular weight is 394 g/mol. The summed E-state index contributed by atoms with van der Waals surface area (Å²) in [5.41, 5.74) is 9.59. The number of ether oxygens (including phenoxy) is 1. The summed E-state index contributed by atoms with van der Waals surface area (Å²) < 4.78 is 27.0. The van der Waals surface area contributed by atoms with Crippen LogP contribution in [0, 0.1) is 0 Å². The third kappa shape index (κ3) is 6.04. The molecule has 2 rings (SSSR count). The van der Waals surface area contributed by atoms with Crippen molar-refractivity contribution in [3.63, 3.8) is 0 Å². The molecule has 1 fully saturated rings. The van der Waals surface area contributed by atoms with Gasteiger partial charge in [-0.15, -0.1) is 0 Å². The summed E-state index contributed by atoms with van der Waals surface area (Å²) in [7, 11) is -2.01. The molecular weight excluding hydrogens is 361 g/mol. The molecular formula is C20H32FN3O2Si. The van der Waals surface area contributed by atoms with E-state index in [0.717, 1.165) is 5.56 Å². The van der Waals surface area contributed by atoms with Gasteiger partial charge in [0.15, 0.2) is 8.32 Å². The van der Waals surface area contributed by atoms with Crippen LogP contribution in [-0.2, 0) is 9.16 Å². The molecule has 4 atom stereocenters. The molecule has 1 saturated carbocycles. The van der Waals surface area contributed by atoms with Crippen LogP contribution < -0.4 is 0 Å². The summed E-state index contributed by atoms with van der Waals surface area (Å²) >= 11 is 0. The van der Waals surface area contributed by atoms with Gasteiger partial charge in [0, 0.05) is 11.0 Å². The molecule has 0 radical (unpaired) electrons. The first-order valence-corrected chi connectivity index (χ1v) is 12.6. The maximum absolute atomic E-state index is 14.5. The maximum Gasteiger partial charge on any atom is 0.193 e. The Bertz CT molecular complexity index is 644. The standard InChI is InChI=1S/C20H32FN3O2Si/c1-20(2,3)27(4,5)26-19(15-9-7-6-8-10-15)14-25-18-12-11-16(23-24-22)13-17(18)21/h6-10,16-19H,11-14H2,1-5H3/t16?,17-,18-,19?/m0/s1. The van der Waals surface area contributed by atoms with E-state index >= 15 is 0 Å². The lowest BCUT2D eigenvalue weighted by Crippen LogP contribution is -2.43. The Morgan fingerprint density at radius 2 is 1.93 bits per heavy atom. The summed E-state index contributed by atoms with van der Waals surface area (Å²) in [6.45, 7) is 11.4. The van der Waals surface area contributed by atoms with Crippen molar-refractivity contribution in [2.75, 3.05) is 6.61 Å². The van der Waals surface area contributed by atoms with Crippen molar-refractivity contribution in [1.29, 1.82) is 0 Å². The molecule has 2 unspecified atom stereocenters. The van der Waals surface area contributed by atoms with Gasteiger partial charge in [0.05, 0.1) is 18.8 Å². The first-order chi connectivity index (χ1) is 12.6. The Hall–Kier alpha value is -1.40. The van der Waals surface area contributed by atoms with E-state index in [1.54, 1.807) is 0 Å². The predicted molar refractivity (Wildman–Crippen MR) is 109 cm³/mol. The van der Waals surface area contributed by atoms with Gasteiger partial charge in [0.1, 0.15) is 6.17 Å². The fourth-order valence-electron chi connectivity index (χ4n) is 3.04. The van der Waals surface area contributed by atoms with Crippen LogP contribution in [0.3, 0.4) is 0 Å². The Kier molecular flexibility index (Phi) is 7.45. The van der Waals surface area contributed by atoms with Gasteiger partial charge in [-0.3, -0.25) is 0 Å². The number of hydrogen-bond donors (Lipinski definition) is 0. The molecule has 5 nitrogen and oxygen atoms in total. The lowest BCUT2D eigenvalue weighted by molar-refractivity contribution is -0.0584. The third-order valence-electron chi connectivity index (χ3n) is 5.78. The molecule has 0 aliphatic heterocycles. The number of hydrogen-bond acceptors (Lipinski definition) is 3.